The van der Waals surface area contributed by atoms with Gasteiger partial charge in [0, 0.05) is 19.3 Å². The van der Waals surface area contributed by atoms with Gasteiger partial charge in [-0.3, -0.25) is 4.98 Å². The second-order valence-corrected chi connectivity index (χ2v) is 5.23. The molecule has 0 saturated carbocycles. The molecule has 4 heteroatoms. The van der Waals surface area contributed by atoms with E-state index >= 15 is 0 Å². The summed E-state index contributed by atoms with van der Waals surface area (Å²) in [5.41, 5.74) is 4.67. The molecule has 0 N–H and O–H groups in total. The van der Waals surface area contributed by atoms with Crippen LogP contribution in [0.1, 0.15) is 22.5 Å². The van der Waals surface area contributed by atoms with Crippen LogP contribution >= 0.6 is 0 Å². The molecule has 2 aromatic rings. The molecule has 1 aliphatic rings. The van der Waals surface area contributed by atoms with Crippen molar-refractivity contribution in [3.05, 3.63) is 46.9 Å². The standard InChI is InChI=1S/C16H19N3O/c1-11-9-17-12(2)16(18-11)19-7-6-13-4-5-15(20-3)8-14(13)10-19/h4-5,8-9H,6-7,10H2,1-3H3. The largest absolute Gasteiger partial charge is 0.497 e. The fourth-order valence-corrected chi connectivity index (χ4v) is 2.67. The van der Waals surface area contributed by atoms with Gasteiger partial charge in [-0.25, -0.2) is 4.98 Å². The van der Waals surface area contributed by atoms with Gasteiger partial charge in [-0.15, -0.1) is 0 Å². The Morgan fingerprint density at radius 3 is 2.85 bits per heavy atom. The van der Waals surface area contributed by atoms with E-state index in [9.17, 15) is 0 Å². The lowest BCUT2D eigenvalue weighted by atomic mass is 9.99. The first-order chi connectivity index (χ1) is 9.67. The van der Waals surface area contributed by atoms with Crippen molar-refractivity contribution in [1.29, 1.82) is 0 Å². The van der Waals surface area contributed by atoms with E-state index in [4.69, 9.17) is 4.74 Å². The van der Waals surface area contributed by atoms with Gasteiger partial charge in [0.2, 0.25) is 0 Å². The van der Waals surface area contributed by atoms with Crippen LogP contribution in [0.15, 0.2) is 24.4 Å². The SMILES string of the molecule is COc1ccc2c(c1)CN(c1nc(C)cnc1C)CC2. The van der Waals surface area contributed by atoms with Crippen molar-refractivity contribution in [2.45, 2.75) is 26.8 Å². The van der Waals surface area contributed by atoms with E-state index in [2.05, 4.69) is 27.0 Å². The molecule has 0 aliphatic carbocycles. The second-order valence-electron chi connectivity index (χ2n) is 5.23. The first kappa shape index (κ1) is 12.9. The number of nitrogens with zero attached hydrogens (tertiary/aromatic N) is 3. The molecule has 0 spiro atoms. The molecule has 0 saturated heterocycles. The number of ether oxygens (including phenoxy) is 1. The average molecular weight is 269 g/mol. The maximum absolute atomic E-state index is 5.32. The van der Waals surface area contributed by atoms with Crippen LogP contribution in [0, 0.1) is 13.8 Å². The van der Waals surface area contributed by atoms with Crippen molar-refractivity contribution in [2.75, 3.05) is 18.6 Å². The Hall–Kier alpha value is -2.10. The van der Waals surface area contributed by atoms with E-state index in [0.29, 0.717) is 0 Å². The summed E-state index contributed by atoms with van der Waals surface area (Å²) in [5, 5.41) is 0. The summed E-state index contributed by atoms with van der Waals surface area (Å²) in [5.74, 6) is 1.91. The number of hydrogen-bond donors (Lipinski definition) is 0. The minimum absolute atomic E-state index is 0.867. The number of hydrogen-bond acceptors (Lipinski definition) is 4. The number of benzene rings is 1. The Bertz CT molecular complexity index is 640. The minimum atomic E-state index is 0.867. The van der Waals surface area contributed by atoms with Gasteiger partial charge in [-0.1, -0.05) is 6.07 Å². The number of aryl methyl sites for hydroxylation is 2. The Kier molecular flexibility index (Phi) is 3.30. The fourth-order valence-electron chi connectivity index (χ4n) is 2.67. The third kappa shape index (κ3) is 2.33. The smallest absolute Gasteiger partial charge is 0.150 e. The van der Waals surface area contributed by atoms with Gasteiger partial charge in [-0.05, 0) is 43.5 Å². The molecule has 0 atom stereocenters. The second kappa shape index (κ2) is 5.12. The Labute approximate surface area is 119 Å². The van der Waals surface area contributed by atoms with E-state index in [1.54, 1.807) is 7.11 Å². The quantitative estimate of drug-likeness (QED) is 0.840. The first-order valence-corrected chi connectivity index (χ1v) is 6.88. The Balaban J connectivity index is 1.93. The van der Waals surface area contributed by atoms with Crippen molar-refractivity contribution in [3.8, 4) is 5.75 Å². The normalized spacial score (nSPS) is 14.1. The minimum Gasteiger partial charge on any atom is -0.497 e. The highest BCUT2D eigenvalue weighted by Gasteiger charge is 2.19. The topological polar surface area (TPSA) is 38.2 Å². The van der Waals surface area contributed by atoms with Gasteiger partial charge in [0.15, 0.2) is 5.82 Å². The fraction of sp³-hybridized carbons (Fsp3) is 0.375. The summed E-state index contributed by atoms with van der Waals surface area (Å²) in [6, 6.07) is 6.33. The highest BCUT2D eigenvalue weighted by molar-refractivity contribution is 5.48. The summed E-state index contributed by atoms with van der Waals surface area (Å²) in [6.45, 7) is 5.85. The molecular weight excluding hydrogens is 250 g/mol. The summed E-state index contributed by atoms with van der Waals surface area (Å²) in [7, 11) is 1.71. The van der Waals surface area contributed by atoms with Crippen LogP contribution in [0.3, 0.4) is 0 Å². The van der Waals surface area contributed by atoms with Crippen LogP contribution in [0.4, 0.5) is 5.82 Å². The molecule has 1 aromatic carbocycles. The van der Waals surface area contributed by atoms with Crippen molar-refractivity contribution in [1.82, 2.24) is 9.97 Å². The predicted octanol–water partition coefficient (Wildman–Crippen LogP) is 2.66. The zero-order valence-electron chi connectivity index (χ0n) is 12.2. The zero-order chi connectivity index (χ0) is 14.1. The van der Waals surface area contributed by atoms with Gasteiger partial charge in [0.05, 0.1) is 18.5 Å². The molecule has 0 unspecified atom stereocenters. The molecule has 0 bridgehead atoms. The summed E-state index contributed by atoms with van der Waals surface area (Å²) in [4.78, 5) is 11.4. The monoisotopic (exact) mass is 269 g/mol. The molecule has 3 rings (SSSR count). The predicted molar refractivity (Wildman–Crippen MR) is 79.3 cm³/mol. The number of rotatable bonds is 2. The third-order valence-corrected chi connectivity index (χ3v) is 3.78. The van der Waals surface area contributed by atoms with Crippen molar-refractivity contribution in [2.24, 2.45) is 0 Å². The Morgan fingerprint density at radius 1 is 1.20 bits per heavy atom. The molecule has 1 aliphatic heterocycles. The van der Waals surface area contributed by atoms with E-state index in [1.165, 1.54) is 11.1 Å². The number of methoxy groups -OCH3 is 1. The maximum atomic E-state index is 5.32. The van der Waals surface area contributed by atoms with Crippen molar-refractivity contribution >= 4 is 5.82 Å². The Morgan fingerprint density at radius 2 is 2.05 bits per heavy atom. The molecule has 0 fully saturated rings. The van der Waals surface area contributed by atoms with Crippen LogP contribution in [0.2, 0.25) is 0 Å². The van der Waals surface area contributed by atoms with E-state index in [1.807, 2.05) is 26.1 Å². The average Bonchev–Trinajstić information content (AvgIpc) is 2.48. The van der Waals surface area contributed by atoms with Gasteiger partial charge < -0.3 is 9.64 Å². The van der Waals surface area contributed by atoms with E-state index in [-0.39, 0.29) is 0 Å². The number of anilines is 1. The maximum Gasteiger partial charge on any atom is 0.150 e. The van der Waals surface area contributed by atoms with Crippen LogP contribution in [0.5, 0.6) is 5.75 Å². The highest BCUT2D eigenvalue weighted by Crippen LogP contribution is 2.27. The highest BCUT2D eigenvalue weighted by atomic mass is 16.5. The third-order valence-electron chi connectivity index (χ3n) is 3.78. The van der Waals surface area contributed by atoms with Crippen LogP contribution in [0.25, 0.3) is 0 Å². The van der Waals surface area contributed by atoms with E-state index < -0.39 is 0 Å². The lowest BCUT2D eigenvalue weighted by Gasteiger charge is -2.30. The van der Waals surface area contributed by atoms with Crippen LogP contribution in [-0.4, -0.2) is 23.6 Å². The van der Waals surface area contributed by atoms with Gasteiger partial charge in [0.25, 0.3) is 0 Å². The van der Waals surface area contributed by atoms with Crippen molar-refractivity contribution in [3.63, 3.8) is 0 Å². The first-order valence-electron chi connectivity index (χ1n) is 6.88. The number of aromatic nitrogens is 2. The molecule has 2 heterocycles. The van der Waals surface area contributed by atoms with Gasteiger partial charge in [-0.2, -0.15) is 0 Å². The summed E-state index contributed by atoms with van der Waals surface area (Å²) in [6.07, 6.45) is 2.86. The lowest BCUT2D eigenvalue weighted by Crippen LogP contribution is -2.32. The summed E-state index contributed by atoms with van der Waals surface area (Å²) >= 11 is 0. The lowest BCUT2D eigenvalue weighted by molar-refractivity contribution is 0.413. The van der Waals surface area contributed by atoms with Crippen molar-refractivity contribution < 1.29 is 4.74 Å². The summed E-state index contributed by atoms with van der Waals surface area (Å²) < 4.78 is 5.32. The molecule has 20 heavy (non-hydrogen) atoms. The van der Waals surface area contributed by atoms with E-state index in [0.717, 1.165) is 42.5 Å². The zero-order valence-corrected chi connectivity index (χ0v) is 12.2. The molecule has 1 aromatic heterocycles. The molecule has 0 radical (unpaired) electrons. The van der Waals surface area contributed by atoms with Gasteiger partial charge >= 0.3 is 0 Å². The van der Waals surface area contributed by atoms with Crippen LogP contribution < -0.4 is 9.64 Å². The molecular formula is C16H19N3O. The molecule has 4 nitrogen and oxygen atoms in total. The molecule has 104 valence electrons. The molecule has 0 amide bonds. The van der Waals surface area contributed by atoms with Crippen LogP contribution in [-0.2, 0) is 13.0 Å². The number of fused-ring (bicyclic) bond motifs is 1. The van der Waals surface area contributed by atoms with Gasteiger partial charge in [0.1, 0.15) is 5.75 Å².